The first kappa shape index (κ1) is 26.0. The Kier molecular flexibility index (Phi) is 8.35. The highest BCUT2D eigenvalue weighted by molar-refractivity contribution is 5.67. The third-order valence-electron chi connectivity index (χ3n) is 7.98. The second kappa shape index (κ2) is 11.9. The topological polar surface area (TPSA) is 88.2 Å². The molecule has 0 spiro atoms. The third-order valence-corrected chi connectivity index (χ3v) is 7.98. The average molecular weight is 503 g/mol. The van der Waals surface area contributed by atoms with Gasteiger partial charge in [-0.25, -0.2) is 0 Å². The summed E-state index contributed by atoms with van der Waals surface area (Å²) in [6.45, 7) is 4.62. The number of benzene rings is 3. The smallest absolute Gasteiger partial charge is 0.184 e. The summed E-state index contributed by atoms with van der Waals surface area (Å²) in [5, 5.41) is 19.3. The molecule has 6 heteroatoms. The van der Waals surface area contributed by atoms with Crippen LogP contribution in [0.25, 0.3) is 11.1 Å². The van der Waals surface area contributed by atoms with Crippen molar-refractivity contribution in [2.75, 3.05) is 19.7 Å². The third kappa shape index (κ3) is 5.65. The number of nitrogens with zero attached hydrogens (tertiary/aromatic N) is 1. The second-order valence-corrected chi connectivity index (χ2v) is 10.3. The van der Waals surface area contributed by atoms with Crippen molar-refractivity contribution in [3.05, 3.63) is 95.1 Å². The van der Waals surface area contributed by atoms with Gasteiger partial charge in [0.05, 0.1) is 25.4 Å². The number of aliphatic hydroxyl groups excluding tert-OH is 2. The summed E-state index contributed by atoms with van der Waals surface area (Å²) in [5.41, 5.74) is 12.3. The van der Waals surface area contributed by atoms with Crippen LogP contribution in [0.2, 0.25) is 0 Å². The highest BCUT2D eigenvalue weighted by Gasteiger charge is 2.40. The zero-order valence-corrected chi connectivity index (χ0v) is 21.5. The lowest BCUT2D eigenvalue weighted by Gasteiger charge is -2.43. The van der Waals surface area contributed by atoms with Gasteiger partial charge in [-0.05, 0) is 47.2 Å². The number of hydrogen-bond donors (Lipinski definition) is 3. The van der Waals surface area contributed by atoms with Gasteiger partial charge in [0.1, 0.15) is 0 Å². The molecule has 5 unspecified atom stereocenters. The van der Waals surface area contributed by atoms with Gasteiger partial charge in [-0.2, -0.15) is 0 Å². The van der Waals surface area contributed by atoms with E-state index in [-0.39, 0.29) is 37.4 Å². The zero-order chi connectivity index (χ0) is 25.8. The number of hydrogen-bond acceptors (Lipinski definition) is 6. The van der Waals surface area contributed by atoms with Gasteiger partial charge < -0.3 is 25.4 Å². The maximum Gasteiger partial charge on any atom is 0.184 e. The Morgan fingerprint density at radius 2 is 1.65 bits per heavy atom. The number of ether oxygens (including phenoxy) is 2. The summed E-state index contributed by atoms with van der Waals surface area (Å²) in [5.74, 6) is 0.117. The summed E-state index contributed by atoms with van der Waals surface area (Å²) in [4.78, 5) is 2.36. The minimum Gasteiger partial charge on any atom is -0.395 e. The fourth-order valence-electron chi connectivity index (χ4n) is 5.70. The Hall–Kier alpha value is -2.58. The highest BCUT2D eigenvalue weighted by Crippen LogP contribution is 2.42. The molecular weight excluding hydrogens is 464 g/mol. The van der Waals surface area contributed by atoms with Gasteiger partial charge in [-0.3, -0.25) is 4.90 Å². The molecule has 37 heavy (non-hydrogen) atoms. The van der Waals surface area contributed by atoms with Crippen molar-refractivity contribution in [2.45, 2.75) is 57.5 Å². The van der Waals surface area contributed by atoms with Gasteiger partial charge in [-0.1, -0.05) is 79.7 Å². The van der Waals surface area contributed by atoms with Crippen LogP contribution in [0.15, 0.2) is 72.8 Å². The average Bonchev–Trinajstić information content (AvgIpc) is 3.41. The second-order valence-electron chi connectivity index (χ2n) is 10.3. The molecule has 2 aliphatic heterocycles. The van der Waals surface area contributed by atoms with Crippen LogP contribution in [-0.2, 0) is 22.6 Å². The molecule has 196 valence electrons. The standard InChI is InChI=1S/C31H38N2O4/c1-21-29(18-33-16-4-6-27(33)20-35)36-31(37-30(21)24-10-8-22(19-34)9-11-24)25-14-12-23(13-15-25)28-7-3-2-5-26(28)17-32/h2-3,5,7-15,21,27,29-31,34-35H,4,6,16-20,32H2,1H3. The summed E-state index contributed by atoms with van der Waals surface area (Å²) in [6.07, 6.45) is 1.42. The number of likely N-dealkylation sites (tertiary alicyclic amines) is 1. The van der Waals surface area contributed by atoms with Crippen LogP contribution in [-0.4, -0.2) is 47.0 Å². The Balaban J connectivity index is 1.42. The van der Waals surface area contributed by atoms with E-state index in [1.165, 1.54) is 0 Å². The molecule has 0 bridgehead atoms. The fraction of sp³-hybridized carbons (Fsp3) is 0.419. The molecule has 2 aliphatic rings. The number of aliphatic hydroxyl groups is 2. The summed E-state index contributed by atoms with van der Waals surface area (Å²) in [7, 11) is 0. The van der Waals surface area contributed by atoms with Crippen LogP contribution in [0.4, 0.5) is 0 Å². The van der Waals surface area contributed by atoms with Gasteiger partial charge in [0, 0.05) is 30.6 Å². The predicted molar refractivity (Wildman–Crippen MR) is 144 cm³/mol. The van der Waals surface area contributed by atoms with Crippen LogP contribution >= 0.6 is 0 Å². The summed E-state index contributed by atoms with van der Waals surface area (Å²) in [6, 6.07) is 24.8. The van der Waals surface area contributed by atoms with E-state index < -0.39 is 6.29 Å². The minimum atomic E-state index is -0.502. The molecule has 0 radical (unpaired) electrons. The van der Waals surface area contributed by atoms with E-state index in [4.69, 9.17) is 15.2 Å². The largest absolute Gasteiger partial charge is 0.395 e. The lowest BCUT2D eigenvalue weighted by atomic mass is 9.89. The van der Waals surface area contributed by atoms with E-state index in [0.717, 1.165) is 59.3 Å². The Labute approximate surface area is 219 Å². The fourth-order valence-corrected chi connectivity index (χ4v) is 5.70. The van der Waals surface area contributed by atoms with Crippen LogP contribution in [0, 0.1) is 5.92 Å². The first-order chi connectivity index (χ1) is 18.1. The van der Waals surface area contributed by atoms with E-state index in [9.17, 15) is 10.2 Å². The van der Waals surface area contributed by atoms with Gasteiger partial charge in [0.25, 0.3) is 0 Å². The molecule has 4 N–H and O–H groups in total. The van der Waals surface area contributed by atoms with Crippen molar-refractivity contribution < 1.29 is 19.7 Å². The summed E-state index contributed by atoms with van der Waals surface area (Å²) < 4.78 is 13.2. The molecule has 0 saturated carbocycles. The molecule has 0 amide bonds. The molecule has 3 aromatic carbocycles. The lowest BCUT2D eigenvalue weighted by molar-refractivity contribution is -0.276. The Morgan fingerprint density at radius 3 is 2.35 bits per heavy atom. The van der Waals surface area contributed by atoms with Gasteiger partial charge in [-0.15, -0.1) is 0 Å². The van der Waals surface area contributed by atoms with Crippen molar-refractivity contribution in [1.29, 1.82) is 0 Å². The van der Waals surface area contributed by atoms with Crippen LogP contribution < -0.4 is 5.73 Å². The maximum atomic E-state index is 9.86. The first-order valence-corrected chi connectivity index (χ1v) is 13.3. The van der Waals surface area contributed by atoms with Gasteiger partial charge >= 0.3 is 0 Å². The molecule has 3 aromatic rings. The molecule has 2 saturated heterocycles. The van der Waals surface area contributed by atoms with Crippen molar-refractivity contribution in [3.8, 4) is 11.1 Å². The zero-order valence-electron chi connectivity index (χ0n) is 21.5. The predicted octanol–water partition coefficient (Wildman–Crippen LogP) is 4.55. The minimum absolute atomic E-state index is 0.0207. The monoisotopic (exact) mass is 502 g/mol. The normalized spacial score (nSPS) is 26.4. The van der Waals surface area contributed by atoms with Crippen molar-refractivity contribution >= 4 is 0 Å². The molecule has 0 aromatic heterocycles. The molecule has 2 heterocycles. The van der Waals surface area contributed by atoms with E-state index in [2.05, 4.69) is 48.2 Å². The molecule has 5 rings (SSSR count). The highest BCUT2D eigenvalue weighted by atomic mass is 16.7. The van der Waals surface area contributed by atoms with E-state index >= 15 is 0 Å². The molecular formula is C31H38N2O4. The van der Waals surface area contributed by atoms with E-state index in [0.29, 0.717) is 6.54 Å². The van der Waals surface area contributed by atoms with Crippen molar-refractivity contribution in [3.63, 3.8) is 0 Å². The van der Waals surface area contributed by atoms with Crippen LogP contribution in [0.5, 0.6) is 0 Å². The van der Waals surface area contributed by atoms with E-state index in [1.807, 2.05) is 36.4 Å². The summed E-state index contributed by atoms with van der Waals surface area (Å²) >= 11 is 0. The Bertz CT molecular complexity index is 1150. The quantitative estimate of drug-likeness (QED) is 0.419. The molecule has 5 atom stereocenters. The van der Waals surface area contributed by atoms with Crippen LogP contribution in [0.3, 0.4) is 0 Å². The number of nitrogens with two attached hydrogens (primary N) is 1. The number of rotatable bonds is 8. The van der Waals surface area contributed by atoms with Gasteiger partial charge in [0.15, 0.2) is 6.29 Å². The van der Waals surface area contributed by atoms with Crippen molar-refractivity contribution in [1.82, 2.24) is 4.90 Å². The van der Waals surface area contributed by atoms with Crippen molar-refractivity contribution in [2.24, 2.45) is 11.7 Å². The van der Waals surface area contributed by atoms with E-state index in [1.54, 1.807) is 0 Å². The SMILES string of the molecule is CC1C(CN2CCCC2CO)OC(c2ccc(-c3ccccc3CN)cc2)OC1c1ccc(CO)cc1. The Morgan fingerprint density at radius 1 is 0.919 bits per heavy atom. The first-order valence-electron chi connectivity index (χ1n) is 13.3. The van der Waals surface area contributed by atoms with Crippen LogP contribution in [0.1, 0.15) is 54.4 Å². The lowest BCUT2D eigenvalue weighted by Crippen LogP contribution is -2.46. The molecule has 0 aliphatic carbocycles. The maximum absolute atomic E-state index is 9.86. The molecule has 2 fully saturated rings. The van der Waals surface area contributed by atoms with Gasteiger partial charge in [0.2, 0.25) is 0 Å². The molecule has 6 nitrogen and oxygen atoms in total.